The van der Waals surface area contributed by atoms with Crippen LogP contribution in [0.5, 0.6) is 0 Å². The number of aromatic nitrogens is 4. The SMILES string of the molecule is Cn1c(-c2cc3ccc(C4CCCCC4)nc3n2CC2CC2)nc2cc(C(=O)N3CCC[C@@H](N)C3)cc(F)c21. The Morgan fingerprint density at radius 3 is 2.62 bits per heavy atom. The summed E-state index contributed by atoms with van der Waals surface area (Å²) in [5.74, 6) is 1.27. The summed E-state index contributed by atoms with van der Waals surface area (Å²) >= 11 is 0. The Bertz CT molecular complexity index is 1560. The first-order valence-corrected chi connectivity index (χ1v) is 14.7. The van der Waals surface area contributed by atoms with Crippen LogP contribution in [0.25, 0.3) is 33.6 Å². The van der Waals surface area contributed by atoms with E-state index in [2.05, 4.69) is 22.8 Å². The molecule has 4 heterocycles. The second-order valence-electron chi connectivity index (χ2n) is 12.0. The second-order valence-corrected chi connectivity index (χ2v) is 12.0. The number of nitrogens with zero attached hydrogens (tertiary/aromatic N) is 5. The molecule has 1 aromatic carbocycles. The summed E-state index contributed by atoms with van der Waals surface area (Å²) in [5.41, 5.74) is 10.5. The number of halogens is 1. The van der Waals surface area contributed by atoms with Crippen molar-refractivity contribution in [3.63, 3.8) is 0 Å². The van der Waals surface area contributed by atoms with Gasteiger partial charge in [-0.15, -0.1) is 0 Å². The van der Waals surface area contributed by atoms with Crippen molar-refractivity contribution in [3.05, 3.63) is 47.4 Å². The molecule has 0 radical (unpaired) electrons. The number of benzene rings is 1. The van der Waals surface area contributed by atoms with Gasteiger partial charge in [0.05, 0.1) is 11.2 Å². The van der Waals surface area contributed by atoms with Gasteiger partial charge in [-0.25, -0.2) is 14.4 Å². The zero-order chi connectivity index (χ0) is 26.7. The van der Waals surface area contributed by atoms with Gasteiger partial charge in [-0.1, -0.05) is 19.3 Å². The second kappa shape index (κ2) is 9.73. The number of hydrogen-bond donors (Lipinski definition) is 1. The van der Waals surface area contributed by atoms with Crippen LogP contribution in [-0.4, -0.2) is 49.0 Å². The number of carbonyl (C=O) groups is 1. The third-order valence-corrected chi connectivity index (χ3v) is 9.07. The molecule has 0 spiro atoms. The van der Waals surface area contributed by atoms with Crippen LogP contribution < -0.4 is 5.73 Å². The van der Waals surface area contributed by atoms with Crippen molar-refractivity contribution in [2.75, 3.05) is 13.1 Å². The Hall–Kier alpha value is -3.26. The molecule has 0 bridgehead atoms. The summed E-state index contributed by atoms with van der Waals surface area (Å²) in [6.45, 7) is 2.05. The maximum absolute atomic E-state index is 15.5. The molecule has 39 heavy (non-hydrogen) atoms. The van der Waals surface area contributed by atoms with E-state index >= 15 is 4.39 Å². The van der Waals surface area contributed by atoms with Crippen molar-refractivity contribution < 1.29 is 9.18 Å². The molecule has 0 unspecified atom stereocenters. The first-order valence-electron chi connectivity index (χ1n) is 14.7. The molecule has 2 N–H and O–H groups in total. The maximum Gasteiger partial charge on any atom is 0.254 e. The largest absolute Gasteiger partial charge is 0.337 e. The zero-order valence-corrected chi connectivity index (χ0v) is 22.7. The lowest BCUT2D eigenvalue weighted by Gasteiger charge is -2.30. The molecule has 1 atom stereocenters. The van der Waals surface area contributed by atoms with Crippen molar-refractivity contribution >= 4 is 28.0 Å². The van der Waals surface area contributed by atoms with Crippen molar-refractivity contribution in [3.8, 4) is 11.5 Å². The van der Waals surface area contributed by atoms with Crippen LogP contribution in [0, 0.1) is 11.7 Å². The van der Waals surface area contributed by atoms with E-state index in [-0.39, 0.29) is 11.9 Å². The third kappa shape index (κ3) is 4.52. The number of aryl methyl sites for hydroxylation is 1. The van der Waals surface area contributed by atoms with Gasteiger partial charge in [0, 0.05) is 55.3 Å². The number of pyridine rings is 1. The van der Waals surface area contributed by atoms with Gasteiger partial charge >= 0.3 is 0 Å². The van der Waals surface area contributed by atoms with Gasteiger partial charge in [0.2, 0.25) is 0 Å². The van der Waals surface area contributed by atoms with Gasteiger partial charge in [0.1, 0.15) is 17.0 Å². The van der Waals surface area contributed by atoms with Crippen molar-refractivity contribution in [2.24, 2.45) is 18.7 Å². The topological polar surface area (TPSA) is 82.0 Å². The number of hydrogen-bond acceptors (Lipinski definition) is 4. The van der Waals surface area contributed by atoms with E-state index in [1.165, 1.54) is 56.7 Å². The van der Waals surface area contributed by atoms with Crippen LogP contribution in [0.4, 0.5) is 4.39 Å². The van der Waals surface area contributed by atoms with Gasteiger partial charge in [-0.05, 0) is 74.8 Å². The zero-order valence-electron chi connectivity index (χ0n) is 22.7. The number of likely N-dealkylation sites (tertiary alicyclic amines) is 1. The Labute approximate surface area is 228 Å². The highest BCUT2D eigenvalue weighted by Gasteiger charge is 2.28. The first kappa shape index (κ1) is 24.8. The standard InChI is InChI=1S/C31H37FN6O/c1-36-28-24(32)14-22(31(39)37-13-5-8-23(33)18-37)15-26(28)35-30(36)27-16-21-11-12-25(20-6-3-2-4-7-20)34-29(21)38(27)17-19-9-10-19/h11-12,14-16,19-20,23H,2-10,13,17-18,33H2,1H3/t23-/m1/s1. The molecule has 2 aliphatic carbocycles. The van der Waals surface area contributed by atoms with Crippen LogP contribution >= 0.6 is 0 Å². The smallest absolute Gasteiger partial charge is 0.254 e. The molecule has 3 aliphatic rings. The normalized spacial score (nSPS) is 20.8. The van der Waals surface area contributed by atoms with Gasteiger partial charge in [0.15, 0.2) is 5.82 Å². The van der Waals surface area contributed by atoms with Crippen LogP contribution in [0.2, 0.25) is 0 Å². The average molecular weight is 529 g/mol. The van der Waals surface area contributed by atoms with Crippen LogP contribution in [0.1, 0.15) is 79.8 Å². The minimum atomic E-state index is -0.430. The molecule has 3 fully saturated rings. The number of carbonyl (C=O) groups excluding carboxylic acids is 1. The number of piperidine rings is 1. The Morgan fingerprint density at radius 1 is 1.03 bits per heavy atom. The lowest BCUT2D eigenvalue weighted by molar-refractivity contribution is 0.0708. The fourth-order valence-electron chi connectivity index (χ4n) is 6.72. The van der Waals surface area contributed by atoms with E-state index in [0.29, 0.717) is 47.3 Å². The van der Waals surface area contributed by atoms with E-state index in [1.54, 1.807) is 11.0 Å². The molecular weight excluding hydrogens is 491 g/mol. The highest BCUT2D eigenvalue weighted by molar-refractivity contribution is 5.98. The van der Waals surface area contributed by atoms with Gasteiger partial charge in [0.25, 0.3) is 5.91 Å². The third-order valence-electron chi connectivity index (χ3n) is 9.07. The number of amides is 1. The highest BCUT2D eigenvalue weighted by Crippen LogP contribution is 2.38. The van der Waals surface area contributed by atoms with E-state index in [9.17, 15) is 4.79 Å². The Kier molecular flexibility index (Phi) is 6.18. The summed E-state index contributed by atoms with van der Waals surface area (Å²) in [4.78, 5) is 25.1. The van der Waals surface area contributed by atoms with Gasteiger partial charge in [-0.2, -0.15) is 0 Å². The molecule has 3 aromatic heterocycles. The molecule has 4 aromatic rings. The minimum Gasteiger partial charge on any atom is -0.337 e. The van der Waals surface area contributed by atoms with E-state index < -0.39 is 5.82 Å². The molecule has 2 saturated carbocycles. The lowest BCUT2D eigenvalue weighted by atomic mass is 9.86. The van der Waals surface area contributed by atoms with E-state index in [0.717, 1.165) is 36.1 Å². The first-order chi connectivity index (χ1) is 19.0. The summed E-state index contributed by atoms with van der Waals surface area (Å²) in [5, 5.41) is 1.09. The maximum atomic E-state index is 15.5. The average Bonchev–Trinajstić information content (AvgIpc) is 3.62. The van der Waals surface area contributed by atoms with E-state index in [1.807, 2.05) is 11.6 Å². The molecule has 1 saturated heterocycles. The predicted octanol–water partition coefficient (Wildman–Crippen LogP) is 5.75. The van der Waals surface area contributed by atoms with Gasteiger partial charge in [-0.3, -0.25) is 4.79 Å². The van der Waals surface area contributed by atoms with Crippen LogP contribution in [0.3, 0.4) is 0 Å². The quantitative estimate of drug-likeness (QED) is 0.358. The molecule has 1 amide bonds. The minimum absolute atomic E-state index is 0.0293. The molecule has 7 nitrogen and oxygen atoms in total. The molecule has 8 heteroatoms. The fourth-order valence-corrected chi connectivity index (χ4v) is 6.72. The summed E-state index contributed by atoms with van der Waals surface area (Å²) < 4.78 is 19.7. The van der Waals surface area contributed by atoms with Crippen molar-refractivity contribution in [1.29, 1.82) is 0 Å². The number of fused-ring (bicyclic) bond motifs is 2. The van der Waals surface area contributed by atoms with Crippen molar-refractivity contribution in [2.45, 2.75) is 76.3 Å². The van der Waals surface area contributed by atoms with Crippen molar-refractivity contribution in [1.82, 2.24) is 24.0 Å². The van der Waals surface area contributed by atoms with Crippen LogP contribution in [0.15, 0.2) is 30.3 Å². The summed E-state index contributed by atoms with van der Waals surface area (Å²) in [6.07, 6.45) is 10.5. The molecule has 1 aliphatic heterocycles. The number of rotatable bonds is 5. The monoisotopic (exact) mass is 528 g/mol. The number of nitrogens with two attached hydrogens (primary N) is 1. The van der Waals surface area contributed by atoms with Gasteiger partial charge < -0.3 is 19.8 Å². The predicted molar refractivity (Wildman–Crippen MR) is 151 cm³/mol. The van der Waals surface area contributed by atoms with Crippen LogP contribution in [-0.2, 0) is 13.6 Å². The summed E-state index contributed by atoms with van der Waals surface area (Å²) in [6, 6.07) is 9.60. The molecule has 204 valence electrons. The fraction of sp³-hybridized carbons (Fsp3) is 0.516. The molecule has 7 rings (SSSR count). The summed E-state index contributed by atoms with van der Waals surface area (Å²) in [7, 11) is 1.86. The highest BCUT2D eigenvalue weighted by atomic mass is 19.1. The lowest BCUT2D eigenvalue weighted by Crippen LogP contribution is -2.45. The van der Waals surface area contributed by atoms with E-state index in [4.69, 9.17) is 15.7 Å². The Balaban J connectivity index is 1.31. The Morgan fingerprint density at radius 2 is 1.85 bits per heavy atom. The number of imidazole rings is 1. The molecular formula is C31H37FN6O.